The highest BCUT2D eigenvalue weighted by Gasteiger charge is 2.07. The highest BCUT2D eigenvalue weighted by molar-refractivity contribution is 5.52. The number of para-hydroxylation sites is 1. The minimum absolute atomic E-state index is 0.197. The molecule has 0 aromatic heterocycles. The van der Waals surface area contributed by atoms with Crippen LogP contribution in [-0.4, -0.2) is 0 Å². The van der Waals surface area contributed by atoms with E-state index >= 15 is 0 Å². The average molecular weight is 258 g/mol. The third-order valence-corrected chi connectivity index (χ3v) is 2.87. The Morgan fingerprint density at radius 3 is 2.68 bits per heavy atom. The van der Waals surface area contributed by atoms with Gasteiger partial charge in [-0.15, -0.1) is 0 Å². The van der Waals surface area contributed by atoms with Crippen molar-refractivity contribution < 1.29 is 8.78 Å². The van der Waals surface area contributed by atoms with Gasteiger partial charge in [-0.05, 0) is 42.3 Å². The Balaban J connectivity index is 2.24. The van der Waals surface area contributed by atoms with Crippen LogP contribution >= 0.6 is 0 Å². The number of anilines is 1. The van der Waals surface area contributed by atoms with Crippen LogP contribution in [0.5, 0.6) is 0 Å². The van der Waals surface area contributed by atoms with Gasteiger partial charge in [-0.1, -0.05) is 12.1 Å². The number of nitrogens with zero attached hydrogens (tertiary/aromatic N) is 1. The molecule has 0 bridgehead atoms. The van der Waals surface area contributed by atoms with Gasteiger partial charge in [-0.25, -0.2) is 8.78 Å². The van der Waals surface area contributed by atoms with Crippen molar-refractivity contribution in [3.63, 3.8) is 0 Å². The van der Waals surface area contributed by atoms with Crippen molar-refractivity contribution in [2.75, 3.05) is 5.32 Å². The van der Waals surface area contributed by atoms with Gasteiger partial charge in [0.05, 0.1) is 17.3 Å². The lowest BCUT2D eigenvalue weighted by molar-refractivity contribution is 0.624. The number of nitriles is 1. The second-order valence-corrected chi connectivity index (χ2v) is 4.20. The molecule has 0 aliphatic rings. The van der Waals surface area contributed by atoms with Crippen molar-refractivity contribution >= 4 is 5.69 Å². The molecule has 0 atom stereocenters. The van der Waals surface area contributed by atoms with Crippen LogP contribution in [0.2, 0.25) is 0 Å². The van der Waals surface area contributed by atoms with E-state index in [-0.39, 0.29) is 12.4 Å². The second-order valence-electron chi connectivity index (χ2n) is 4.20. The Bertz CT molecular complexity index is 625. The number of rotatable bonds is 3. The molecule has 19 heavy (non-hydrogen) atoms. The fraction of sp³-hybridized carbons (Fsp3) is 0.133. The van der Waals surface area contributed by atoms with E-state index in [1.54, 1.807) is 19.1 Å². The highest BCUT2D eigenvalue weighted by atomic mass is 19.1. The van der Waals surface area contributed by atoms with Crippen molar-refractivity contribution in [3.05, 3.63) is 64.7 Å². The molecule has 0 unspecified atom stereocenters. The van der Waals surface area contributed by atoms with Crippen LogP contribution in [-0.2, 0) is 6.54 Å². The molecule has 0 saturated heterocycles. The van der Waals surface area contributed by atoms with Crippen molar-refractivity contribution in [2.45, 2.75) is 13.5 Å². The summed E-state index contributed by atoms with van der Waals surface area (Å²) in [7, 11) is 0. The summed E-state index contributed by atoms with van der Waals surface area (Å²) in [5.41, 5.74) is 2.01. The predicted molar refractivity (Wildman–Crippen MR) is 69.6 cm³/mol. The number of hydrogen-bond acceptors (Lipinski definition) is 2. The summed E-state index contributed by atoms with van der Waals surface area (Å²) in [5.74, 6) is -0.782. The molecule has 4 heteroatoms. The van der Waals surface area contributed by atoms with E-state index in [1.165, 1.54) is 24.3 Å². The summed E-state index contributed by atoms with van der Waals surface area (Å²) in [5, 5.41) is 11.8. The monoisotopic (exact) mass is 258 g/mol. The average Bonchev–Trinajstić information content (AvgIpc) is 2.38. The summed E-state index contributed by atoms with van der Waals surface area (Å²) in [6, 6.07) is 10.7. The number of nitrogens with one attached hydrogen (secondary N) is 1. The zero-order chi connectivity index (χ0) is 13.8. The quantitative estimate of drug-likeness (QED) is 0.909. The molecule has 0 radical (unpaired) electrons. The highest BCUT2D eigenvalue weighted by Crippen LogP contribution is 2.20. The van der Waals surface area contributed by atoms with E-state index in [9.17, 15) is 8.78 Å². The van der Waals surface area contributed by atoms with Gasteiger partial charge in [0.2, 0.25) is 0 Å². The van der Waals surface area contributed by atoms with E-state index in [2.05, 4.69) is 5.32 Å². The van der Waals surface area contributed by atoms with Crippen LogP contribution in [0.25, 0.3) is 0 Å². The third kappa shape index (κ3) is 2.89. The minimum Gasteiger partial charge on any atom is -0.378 e. The lowest BCUT2D eigenvalue weighted by Gasteiger charge is -2.11. The molecule has 2 rings (SSSR count). The molecular weight excluding hydrogens is 246 g/mol. The molecule has 0 amide bonds. The second kappa shape index (κ2) is 5.49. The Morgan fingerprint density at radius 2 is 2.00 bits per heavy atom. The largest absolute Gasteiger partial charge is 0.378 e. The molecule has 0 saturated carbocycles. The maximum Gasteiger partial charge on any atom is 0.146 e. The first kappa shape index (κ1) is 13.0. The van der Waals surface area contributed by atoms with Gasteiger partial charge in [-0.2, -0.15) is 5.26 Å². The topological polar surface area (TPSA) is 35.8 Å². The maximum absolute atomic E-state index is 13.6. The van der Waals surface area contributed by atoms with Gasteiger partial charge in [0.15, 0.2) is 0 Å². The Kier molecular flexibility index (Phi) is 3.76. The number of benzene rings is 2. The first-order chi connectivity index (χ1) is 9.11. The van der Waals surface area contributed by atoms with Crippen molar-refractivity contribution in [1.82, 2.24) is 0 Å². The molecule has 0 heterocycles. The smallest absolute Gasteiger partial charge is 0.146 e. The molecule has 2 aromatic carbocycles. The van der Waals surface area contributed by atoms with Gasteiger partial charge < -0.3 is 5.32 Å². The lowest BCUT2D eigenvalue weighted by atomic mass is 10.1. The third-order valence-electron chi connectivity index (χ3n) is 2.87. The molecule has 0 aliphatic heterocycles. The van der Waals surface area contributed by atoms with Gasteiger partial charge >= 0.3 is 0 Å². The Morgan fingerprint density at radius 1 is 1.21 bits per heavy atom. The van der Waals surface area contributed by atoms with Crippen molar-refractivity contribution in [3.8, 4) is 6.07 Å². The number of halogens is 2. The Hall–Kier alpha value is -2.41. The summed E-state index contributed by atoms with van der Waals surface area (Å²) in [4.78, 5) is 0. The molecule has 2 aromatic rings. The fourth-order valence-electron chi connectivity index (χ4n) is 1.86. The van der Waals surface area contributed by atoms with E-state index in [4.69, 9.17) is 5.26 Å². The first-order valence-electron chi connectivity index (χ1n) is 5.79. The lowest BCUT2D eigenvalue weighted by Crippen LogP contribution is -2.05. The standard InChI is InChI=1S/C15H12F2N2/c1-10-3-2-4-14(17)15(10)19-9-12-7-13(16)6-5-11(12)8-18/h2-7,19H,9H2,1H3. The molecule has 0 aliphatic carbocycles. The Labute approximate surface area is 110 Å². The number of aryl methyl sites for hydroxylation is 1. The van der Waals surface area contributed by atoms with Crippen LogP contribution in [0.4, 0.5) is 14.5 Å². The van der Waals surface area contributed by atoms with Gasteiger partial charge in [0, 0.05) is 6.54 Å². The molecule has 2 nitrogen and oxygen atoms in total. The van der Waals surface area contributed by atoms with Gasteiger partial charge in [-0.3, -0.25) is 0 Å². The van der Waals surface area contributed by atoms with Crippen LogP contribution in [0.1, 0.15) is 16.7 Å². The van der Waals surface area contributed by atoms with Crippen LogP contribution in [0.15, 0.2) is 36.4 Å². The summed E-state index contributed by atoms with van der Waals surface area (Å²) < 4.78 is 26.8. The van der Waals surface area contributed by atoms with Crippen molar-refractivity contribution in [2.24, 2.45) is 0 Å². The molecule has 0 spiro atoms. The zero-order valence-electron chi connectivity index (χ0n) is 10.4. The molecule has 1 N–H and O–H groups in total. The normalized spacial score (nSPS) is 10.0. The van der Waals surface area contributed by atoms with E-state index in [0.29, 0.717) is 16.8 Å². The van der Waals surface area contributed by atoms with Gasteiger partial charge in [0.1, 0.15) is 11.6 Å². The zero-order valence-corrected chi connectivity index (χ0v) is 10.4. The van der Waals surface area contributed by atoms with Crippen LogP contribution < -0.4 is 5.32 Å². The molecule has 96 valence electrons. The SMILES string of the molecule is Cc1cccc(F)c1NCc1cc(F)ccc1C#N. The van der Waals surface area contributed by atoms with Crippen LogP contribution in [0, 0.1) is 29.9 Å². The summed E-state index contributed by atoms with van der Waals surface area (Å²) in [6.45, 7) is 1.98. The van der Waals surface area contributed by atoms with Crippen LogP contribution in [0.3, 0.4) is 0 Å². The minimum atomic E-state index is -0.416. The first-order valence-corrected chi connectivity index (χ1v) is 5.79. The maximum atomic E-state index is 13.6. The molecule has 0 fully saturated rings. The van der Waals surface area contributed by atoms with Crippen molar-refractivity contribution in [1.29, 1.82) is 5.26 Å². The van der Waals surface area contributed by atoms with E-state index in [0.717, 1.165) is 5.56 Å². The molecular formula is C15H12F2N2. The van der Waals surface area contributed by atoms with E-state index < -0.39 is 5.82 Å². The fourth-order valence-corrected chi connectivity index (χ4v) is 1.86. The summed E-state index contributed by atoms with van der Waals surface area (Å²) >= 11 is 0. The number of hydrogen-bond donors (Lipinski definition) is 1. The van der Waals surface area contributed by atoms with Gasteiger partial charge in [0.25, 0.3) is 0 Å². The predicted octanol–water partition coefficient (Wildman–Crippen LogP) is 3.76. The van der Waals surface area contributed by atoms with E-state index in [1.807, 2.05) is 6.07 Å². The summed E-state index contributed by atoms with van der Waals surface area (Å²) in [6.07, 6.45) is 0.